The van der Waals surface area contributed by atoms with Crippen molar-refractivity contribution in [3.8, 4) is 0 Å². The van der Waals surface area contributed by atoms with E-state index >= 15 is 0 Å². The van der Waals surface area contributed by atoms with Crippen LogP contribution >= 0.6 is 15.9 Å². The van der Waals surface area contributed by atoms with Gasteiger partial charge in [-0.3, -0.25) is 4.79 Å². The Bertz CT molecular complexity index is 660. The fraction of sp³-hybridized carbons (Fsp3) is 0.385. The maximum atomic E-state index is 11.9. The second-order valence-corrected chi connectivity index (χ2v) is 5.42. The molecule has 88 valence electrons. The molecule has 2 aromatic rings. The minimum absolute atomic E-state index is 0.0402. The maximum Gasteiger partial charge on any atom is 0.258 e. The number of rotatable bonds is 0. The molecule has 0 spiro atoms. The van der Waals surface area contributed by atoms with E-state index in [1.165, 1.54) is 24.0 Å². The first kappa shape index (κ1) is 11.0. The van der Waals surface area contributed by atoms with Crippen LogP contribution in [0.3, 0.4) is 0 Å². The van der Waals surface area contributed by atoms with Crippen LogP contribution in [0.5, 0.6) is 0 Å². The number of hydrogen-bond donors (Lipinski definition) is 1. The van der Waals surface area contributed by atoms with Gasteiger partial charge in [0.05, 0.1) is 10.9 Å². The Morgan fingerprint density at radius 3 is 2.76 bits per heavy atom. The fourth-order valence-electron chi connectivity index (χ4n) is 2.60. The molecule has 0 radical (unpaired) electrons. The van der Waals surface area contributed by atoms with Gasteiger partial charge in [0.15, 0.2) is 0 Å². The summed E-state index contributed by atoms with van der Waals surface area (Å²) in [5.74, 6) is 0.692. The predicted molar refractivity (Wildman–Crippen MR) is 71.4 cm³/mol. The Kier molecular flexibility index (Phi) is 2.54. The number of nitrogens with one attached hydrogen (secondary N) is 1. The Morgan fingerprint density at radius 2 is 2.00 bits per heavy atom. The van der Waals surface area contributed by atoms with Crippen LogP contribution in [0.15, 0.2) is 15.3 Å². The van der Waals surface area contributed by atoms with Crippen LogP contribution in [0.1, 0.15) is 29.8 Å². The zero-order valence-electron chi connectivity index (χ0n) is 9.64. The topological polar surface area (TPSA) is 45.8 Å². The van der Waals surface area contributed by atoms with Gasteiger partial charge in [0.1, 0.15) is 5.82 Å². The van der Waals surface area contributed by atoms with Gasteiger partial charge in [-0.05, 0) is 49.8 Å². The van der Waals surface area contributed by atoms with E-state index in [1.807, 2.05) is 13.0 Å². The number of H-pyrrole nitrogens is 1. The fourth-order valence-corrected chi connectivity index (χ4v) is 3.27. The number of aromatic nitrogens is 2. The van der Waals surface area contributed by atoms with Gasteiger partial charge in [0, 0.05) is 4.47 Å². The highest BCUT2D eigenvalue weighted by Crippen LogP contribution is 2.32. The molecule has 0 saturated heterocycles. The first-order chi connectivity index (χ1) is 8.16. The summed E-state index contributed by atoms with van der Waals surface area (Å²) in [6.45, 7) is 1.83. The summed E-state index contributed by atoms with van der Waals surface area (Å²) in [6, 6.07) is 1.91. The Hall–Kier alpha value is -1.16. The number of aromatic amines is 1. The molecule has 0 amide bonds. The SMILES string of the molecule is Cc1nc2c3c(c(Br)cc2c(=O)[nH]1)CCCC3. The highest BCUT2D eigenvalue weighted by atomic mass is 79.9. The average Bonchev–Trinajstić information content (AvgIpc) is 2.31. The molecule has 1 N–H and O–H groups in total. The quantitative estimate of drug-likeness (QED) is 0.812. The molecule has 0 bridgehead atoms. The summed E-state index contributed by atoms with van der Waals surface area (Å²) in [7, 11) is 0. The number of benzene rings is 1. The van der Waals surface area contributed by atoms with E-state index in [4.69, 9.17) is 0 Å². The lowest BCUT2D eigenvalue weighted by Crippen LogP contribution is -2.14. The van der Waals surface area contributed by atoms with Crippen molar-refractivity contribution in [2.45, 2.75) is 32.6 Å². The van der Waals surface area contributed by atoms with Crippen LogP contribution in [-0.2, 0) is 12.8 Å². The first-order valence-corrected chi connectivity index (χ1v) is 6.67. The Labute approximate surface area is 107 Å². The second-order valence-electron chi connectivity index (χ2n) is 4.57. The standard InChI is InChI=1S/C13H13BrN2O/c1-7-15-12-9-5-3-2-4-8(9)11(14)6-10(12)13(17)16-7/h6H,2-5H2,1H3,(H,15,16,17). The molecular formula is C13H13BrN2O. The molecule has 3 rings (SSSR count). The van der Waals surface area contributed by atoms with Crippen LogP contribution < -0.4 is 5.56 Å². The van der Waals surface area contributed by atoms with Crippen LogP contribution in [0, 0.1) is 6.92 Å². The van der Waals surface area contributed by atoms with Crippen molar-refractivity contribution in [1.29, 1.82) is 0 Å². The molecule has 0 aliphatic heterocycles. The van der Waals surface area contributed by atoms with E-state index in [9.17, 15) is 4.79 Å². The molecule has 0 atom stereocenters. The highest BCUT2D eigenvalue weighted by molar-refractivity contribution is 9.10. The first-order valence-electron chi connectivity index (χ1n) is 5.87. The van der Waals surface area contributed by atoms with Gasteiger partial charge in [-0.15, -0.1) is 0 Å². The largest absolute Gasteiger partial charge is 0.310 e. The van der Waals surface area contributed by atoms with Gasteiger partial charge in [-0.1, -0.05) is 15.9 Å². The van der Waals surface area contributed by atoms with E-state index in [0.29, 0.717) is 11.2 Å². The lowest BCUT2D eigenvalue weighted by molar-refractivity contribution is 0.686. The van der Waals surface area contributed by atoms with Crippen LogP contribution in [0.25, 0.3) is 10.9 Å². The van der Waals surface area contributed by atoms with Gasteiger partial charge in [-0.2, -0.15) is 0 Å². The molecule has 1 aromatic carbocycles. The number of fused-ring (bicyclic) bond motifs is 3. The predicted octanol–water partition coefficient (Wildman–Crippen LogP) is 2.87. The lowest BCUT2D eigenvalue weighted by atomic mass is 9.90. The zero-order chi connectivity index (χ0) is 12.0. The molecule has 1 heterocycles. The summed E-state index contributed by atoms with van der Waals surface area (Å²) in [4.78, 5) is 19.2. The maximum absolute atomic E-state index is 11.9. The van der Waals surface area contributed by atoms with Crippen molar-refractivity contribution in [3.63, 3.8) is 0 Å². The molecule has 17 heavy (non-hydrogen) atoms. The van der Waals surface area contributed by atoms with Crippen molar-refractivity contribution >= 4 is 26.8 Å². The third-order valence-electron chi connectivity index (χ3n) is 3.39. The molecule has 4 heteroatoms. The summed E-state index contributed by atoms with van der Waals surface area (Å²) < 4.78 is 1.05. The van der Waals surface area contributed by atoms with Gasteiger partial charge in [0.2, 0.25) is 0 Å². The normalized spacial score (nSPS) is 14.9. The van der Waals surface area contributed by atoms with E-state index in [2.05, 4.69) is 25.9 Å². The Balaban J connectivity index is 2.47. The van der Waals surface area contributed by atoms with Crippen LogP contribution in [0.4, 0.5) is 0 Å². The summed E-state index contributed by atoms with van der Waals surface area (Å²) >= 11 is 3.58. The van der Waals surface area contributed by atoms with Crippen molar-refractivity contribution in [2.75, 3.05) is 0 Å². The van der Waals surface area contributed by atoms with Gasteiger partial charge in [-0.25, -0.2) is 4.98 Å². The molecule has 0 unspecified atom stereocenters. The minimum Gasteiger partial charge on any atom is -0.310 e. The average molecular weight is 293 g/mol. The van der Waals surface area contributed by atoms with E-state index in [0.717, 1.165) is 22.8 Å². The number of halogens is 1. The van der Waals surface area contributed by atoms with Crippen LogP contribution in [-0.4, -0.2) is 9.97 Å². The van der Waals surface area contributed by atoms with Crippen LogP contribution in [0.2, 0.25) is 0 Å². The number of nitrogens with zero attached hydrogens (tertiary/aromatic N) is 1. The monoisotopic (exact) mass is 292 g/mol. The van der Waals surface area contributed by atoms with Gasteiger partial charge < -0.3 is 4.98 Å². The van der Waals surface area contributed by atoms with Gasteiger partial charge >= 0.3 is 0 Å². The highest BCUT2D eigenvalue weighted by Gasteiger charge is 2.18. The number of aryl methyl sites for hydroxylation is 2. The molecule has 1 aliphatic rings. The molecule has 1 aromatic heterocycles. The lowest BCUT2D eigenvalue weighted by Gasteiger charge is -2.18. The van der Waals surface area contributed by atoms with E-state index < -0.39 is 0 Å². The van der Waals surface area contributed by atoms with Crippen molar-refractivity contribution in [2.24, 2.45) is 0 Å². The summed E-state index contributed by atoms with van der Waals surface area (Å²) in [5.41, 5.74) is 3.45. The van der Waals surface area contributed by atoms with Crippen molar-refractivity contribution < 1.29 is 0 Å². The van der Waals surface area contributed by atoms with Crippen molar-refractivity contribution in [1.82, 2.24) is 9.97 Å². The number of hydrogen-bond acceptors (Lipinski definition) is 2. The Morgan fingerprint density at radius 1 is 1.29 bits per heavy atom. The molecular weight excluding hydrogens is 280 g/mol. The van der Waals surface area contributed by atoms with Gasteiger partial charge in [0.25, 0.3) is 5.56 Å². The zero-order valence-corrected chi connectivity index (χ0v) is 11.2. The summed E-state index contributed by atoms with van der Waals surface area (Å²) in [5, 5.41) is 0.697. The summed E-state index contributed by atoms with van der Waals surface area (Å²) in [6.07, 6.45) is 4.52. The molecule has 0 saturated carbocycles. The molecule has 0 fully saturated rings. The third-order valence-corrected chi connectivity index (χ3v) is 4.09. The van der Waals surface area contributed by atoms with Crippen molar-refractivity contribution in [3.05, 3.63) is 37.8 Å². The van der Waals surface area contributed by atoms with E-state index in [1.54, 1.807) is 0 Å². The minimum atomic E-state index is -0.0402. The molecule has 1 aliphatic carbocycles. The molecule has 3 nitrogen and oxygen atoms in total. The second kappa shape index (κ2) is 3.95. The smallest absolute Gasteiger partial charge is 0.258 e. The third kappa shape index (κ3) is 1.71. The van der Waals surface area contributed by atoms with E-state index in [-0.39, 0.29) is 5.56 Å².